The number of amides is 1. The molecule has 1 aliphatic heterocycles. The zero-order chi connectivity index (χ0) is 18.6. The third-order valence-corrected chi connectivity index (χ3v) is 4.75. The number of hydrogen-bond acceptors (Lipinski definition) is 5. The molecule has 0 unspecified atom stereocenters. The Balaban J connectivity index is 1.45. The van der Waals surface area contributed by atoms with Crippen molar-refractivity contribution < 1.29 is 13.6 Å². The Morgan fingerprint density at radius 3 is 2.85 bits per heavy atom. The Labute approximate surface area is 156 Å². The lowest BCUT2D eigenvalue weighted by Gasteiger charge is -2.31. The Morgan fingerprint density at radius 2 is 2.04 bits per heavy atom. The summed E-state index contributed by atoms with van der Waals surface area (Å²) >= 11 is 0. The minimum Gasteiger partial charge on any atom is -0.419 e. The van der Waals surface area contributed by atoms with Crippen molar-refractivity contribution in [3.8, 4) is 11.6 Å². The predicted molar refractivity (Wildman–Crippen MR) is 96.2 cm³/mol. The van der Waals surface area contributed by atoms with Gasteiger partial charge in [0.1, 0.15) is 11.5 Å². The molecule has 0 bridgehead atoms. The molecule has 6 nitrogen and oxygen atoms in total. The van der Waals surface area contributed by atoms with E-state index in [0.717, 1.165) is 12.8 Å². The van der Waals surface area contributed by atoms with Gasteiger partial charge >= 0.3 is 0 Å². The van der Waals surface area contributed by atoms with E-state index < -0.39 is 0 Å². The van der Waals surface area contributed by atoms with E-state index in [-0.39, 0.29) is 24.1 Å². The molecule has 27 heavy (non-hydrogen) atoms. The van der Waals surface area contributed by atoms with Gasteiger partial charge in [-0.15, -0.1) is 10.2 Å². The number of benzene rings is 1. The van der Waals surface area contributed by atoms with Crippen LogP contribution < -0.4 is 0 Å². The van der Waals surface area contributed by atoms with Crippen molar-refractivity contribution in [1.29, 1.82) is 0 Å². The Hall–Kier alpha value is -3.09. The number of pyridine rings is 1. The maximum absolute atomic E-state index is 13.8. The van der Waals surface area contributed by atoms with Crippen LogP contribution in [-0.4, -0.2) is 39.1 Å². The van der Waals surface area contributed by atoms with Crippen LogP contribution in [0.2, 0.25) is 0 Å². The van der Waals surface area contributed by atoms with Crippen LogP contribution in [0.1, 0.15) is 30.2 Å². The minimum absolute atomic E-state index is 0.0201. The van der Waals surface area contributed by atoms with Gasteiger partial charge in [-0.05, 0) is 36.6 Å². The molecule has 1 aliphatic rings. The summed E-state index contributed by atoms with van der Waals surface area (Å²) in [7, 11) is 0. The number of carbonyl (C=O) groups excluding carboxylic acids is 1. The highest BCUT2D eigenvalue weighted by molar-refractivity contribution is 5.79. The monoisotopic (exact) mass is 366 g/mol. The highest BCUT2D eigenvalue weighted by atomic mass is 19.1. The van der Waals surface area contributed by atoms with Gasteiger partial charge in [-0.1, -0.05) is 24.3 Å². The molecular weight excluding hydrogens is 347 g/mol. The fraction of sp³-hybridized carbons (Fsp3) is 0.300. The molecule has 1 atom stereocenters. The molecule has 0 aliphatic carbocycles. The summed E-state index contributed by atoms with van der Waals surface area (Å²) in [5.41, 5.74) is 1.04. The number of rotatable bonds is 4. The first-order chi connectivity index (χ1) is 13.2. The van der Waals surface area contributed by atoms with Crippen LogP contribution in [0.25, 0.3) is 11.6 Å². The molecular formula is C20H19FN4O2. The van der Waals surface area contributed by atoms with Gasteiger partial charge in [-0.25, -0.2) is 4.39 Å². The maximum Gasteiger partial charge on any atom is 0.266 e. The van der Waals surface area contributed by atoms with Crippen molar-refractivity contribution in [3.05, 3.63) is 65.9 Å². The van der Waals surface area contributed by atoms with Crippen LogP contribution in [0.5, 0.6) is 0 Å². The van der Waals surface area contributed by atoms with E-state index in [2.05, 4.69) is 15.2 Å². The van der Waals surface area contributed by atoms with Crippen LogP contribution in [-0.2, 0) is 11.2 Å². The lowest BCUT2D eigenvalue weighted by atomic mass is 9.97. The van der Waals surface area contributed by atoms with Crippen molar-refractivity contribution in [2.45, 2.75) is 25.2 Å². The van der Waals surface area contributed by atoms with Crippen molar-refractivity contribution in [2.24, 2.45) is 0 Å². The standard InChI is InChI=1S/C20H19FN4O2/c21-16-8-2-1-6-14(16)12-18(26)25-11-5-7-15(13-25)19-23-24-20(27-19)17-9-3-4-10-22-17/h1-4,6,8-10,15H,5,7,11-13H2/t15-/m0/s1. The smallest absolute Gasteiger partial charge is 0.266 e. The van der Waals surface area contributed by atoms with Crippen molar-refractivity contribution in [2.75, 3.05) is 13.1 Å². The fourth-order valence-electron chi connectivity index (χ4n) is 3.31. The zero-order valence-electron chi connectivity index (χ0n) is 14.7. The van der Waals surface area contributed by atoms with E-state index in [1.54, 1.807) is 29.3 Å². The van der Waals surface area contributed by atoms with Gasteiger partial charge in [0.2, 0.25) is 11.8 Å². The number of hydrogen-bond donors (Lipinski definition) is 0. The molecule has 0 saturated carbocycles. The third-order valence-electron chi connectivity index (χ3n) is 4.75. The van der Waals surface area contributed by atoms with Gasteiger partial charge in [0.05, 0.1) is 12.3 Å². The van der Waals surface area contributed by atoms with Crippen molar-refractivity contribution in [3.63, 3.8) is 0 Å². The molecule has 3 heterocycles. The van der Waals surface area contributed by atoms with Gasteiger partial charge < -0.3 is 9.32 Å². The first-order valence-corrected chi connectivity index (χ1v) is 8.96. The number of halogens is 1. The first kappa shape index (κ1) is 17.3. The number of carbonyl (C=O) groups is 1. The number of piperidine rings is 1. The number of aromatic nitrogens is 3. The summed E-state index contributed by atoms with van der Waals surface area (Å²) in [4.78, 5) is 18.6. The summed E-state index contributed by atoms with van der Waals surface area (Å²) in [5, 5.41) is 8.23. The zero-order valence-corrected chi connectivity index (χ0v) is 14.7. The molecule has 1 aromatic carbocycles. The second-order valence-corrected chi connectivity index (χ2v) is 6.61. The summed E-state index contributed by atoms with van der Waals surface area (Å²) in [6, 6.07) is 11.9. The molecule has 3 aromatic rings. The molecule has 0 radical (unpaired) electrons. The average Bonchev–Trinajstić information content (AvgIpc) is 3.21. The largest absolute Gasteiger partial charge is 0.419 e. The van der Waals surface area contributed by atoms with E-state index in [4.69, 9.17) is 4.42 Å². The van der Waals surface area contributed by atoms with Crippen molar-refractivity contribution >= 4 is 5.91 Å². The van der Waals surface area contributed by atoms with Crippen LogP contribution in [0.4, 0.5) is 4.39 Å². The van der Waals surface area contributed by atoms with Gasteiger partial charge in [-0.2, -0.15) is 0 Å². The van der Waals surface area contributed by atoms with E-state index in [1.165, 1.54) is 6.07 Å². The maximum atomic E-state index is 13.8. The second-order valence-electron chi connectivity index (χ2n) is 6.61. The summed E-state index contributed by atoms with van der Waals surface area (Å²) < 4.78 is 19.6. The van der Waals surface area contributed by atoms with E-state index in [9.17, 15) is 9.18 Å². The Bertz CT molecular complexity index is 928. The predicted octanol–water partition coefficient (Wildman–Crippen LogP) is 3.22. The van der Waals surface area contributed by atoms with Gasteiger partial charge in [-0.3, -0.25) is 9.78 Å². The SMILES string of the molecule is O=C(Cc1ccccc1F)N1CCC[C@H](c2nnc(-c3ccccn3)o2)C1. The first-order valence-electron chi connectivity index (χ1n) is 8.96. The highest BCUT2D eigenvalue weighted by Gasteiger charge is 2.29. The number of nitrogens with zero attached hydrogens (tertiary/aromatic N) is 4. The molecule has 0 N–H and O–H groups in total. The topological polar surface area (TPSA) is 72.1 Å². The van der Waals surface area contributed by atoms with Crippen molar-refractivity contribution in [1.82, 2.24) is 20.1 Å². The van der Waals surface area contributed by atoms with Gasteiger partial charge in [0.25, 0.3) is 5.89 Å². The quantitative estimate of drug-likeness (QED) is 0.709. The van der Waals surface area contributed by atoms with E-state index in [0.29, 0.717) is 36.1 Å². The van der Waals surface area contributed by atoms with Crippen LogP contribution >= 0.6 is 0 Å². The molecule has 138 valence electrons. The van der Waals surface area contributed by atoms with E-state index in [1.807, 2.05) is 18.2 Å². The summed E-state index contributed by atoms with van der Waals surface area (Å²) in [6.45, 7) is 1.15. The Kier molecular flexibility index (Phi) is 4.91. The normalized spacial score (nSPS) is 17.1. The fourth-order valence-corrected chi connectivity index (χ4v) is 3.31. The lowest BCUT2D eigenvalue weighted by molar-refractivity contribution is -0.131. The molecule has 1 fully saturated rings. The van der Waals surface area contributed by atoms with Crippen LogP contribution in [0, 0.1) is 5.82 Å². The third kappa shape index (κ3) is 3.86. The Morgan fingerprint density at radius 1 is 1.19 bits per heavy atom. The summed E-state index contributed by atoms with van der Waals surface area (Å²) in [5.74, 6) is 0.429. The van der Waals surface area contributed by atoms with Crippen LogP contribution in [0.3, 0.4) is 0 Å². The molecule has 1 amide bonds. The lowest BCUT2D eigenvalue weighted by Crippen LogP contribution is -2.40. The second kappa shape index (κ2) is 7.65. The molecule has 1 saturated heterocycles. The average molecular weight is 366 g/mol. The molecule has 4 rings (SSSR count). The number of likely N-dealkylation sites (tertiary alicyclic amines) is 1. The van der Waals surface area contributed by atoms with Gasteiger partial charge in [0, 0.05) is 19.3 Å². The molecule has 7 heteroatoms. The minimum atomic E-state index is -0.351. The van der Waals surface area contributed by atoms with Crippen LogP contribution in [0.15, 0.2) is 53.1 Å². The van der Waals surface area contributed by atoms with E-state index >= 15 is 0 Å². The van der Waals surface area contributed by atoms with Gasteiger partial charge in [0.15, 0.2) is 0 Å². The summed E-state index contributed by atoms with van der Waals surface area (Å²) in [6.07, 6.45) is 3.44. The molecule has 2 aromatic heterocycles. The highest BCUT2D eigenvalue weighted by Crippen LogP contribution is 2.28. The molecule has 0 spiro atoms.